The van der Waals surface area contributed by atoms with Crippen LogP contribution in [-0.4, -0.2) is 15.9 Å². The molecule has 0 bridgehead atoms. The number of ether oxygens (including phenoxy) is 1. The third-order valence-corrected chi connectivity index (χ3v) is 3.24. The monoisotopic (exact) mass is 388 g/mol. The predicted octanol–water partition coefficient (Wildman–Crippen LogP) is 4.77. The van der Waals surface area contributed by atoms with Crippen molar-refractivity contribution >= 4 is 15.9 Å². The average Bonchev–Trinajstić information content (AvgIpc) is 2.69. The molecule has 0 atom stereocenters. The minimum atomic E-state index is -4.85. The maximum atomic E-state index is 12.6. The van der Waals surface area contributed by atoms with Crippen LogP contribution in [0.4, 0.5) is 26.3 Å². The molecule has 1 aromatic heterocycles. The molecule has 2 rings (SSSR count). The van der Waals surface area contributed by atoms with E-state index in [0.717, 1.165) is 22.9 Å². The van der Waals surface area contributed by atoms with E-state index in [1.165, 1.54) is 13.1 Å². The lowest BCUT2D eigenvalue weighted by atomic mass is 10.2. The van der Waals surface area contributed by atoms with Crippen molar-refractivity contribution in [3.63, 3.8) is 0 Å². The Morgan fingerprint density at radius 2 is 1.77 bits per heavy atom. The van der Waals surface area contributed by atoms with E-state index < -0.39 is 24.0 Å². The Bertz CT molecular complexity index is 692. The summed E-state index contributed by atoms with van der Waals surface area (Å²) in [5, 5.41) is 0. The molecule has 1 heterocycles. The molecule has 0 aliphatic rings. The molecular weight excluding hydrogens is 382 g/mol. The molecule has 0 amide bonds. The quantitative estimate of drug-likeness (QED) is 0.693. The van der Waals surface area contributed by atoms with Gasteiger partial charge in [0.1, 0.15) is 11.6 Å². The van der Waals surface area contributed by atoms with E-state index in [-0.39, 0.29) is 15.9 Å². The lowest BCUT2D eigenvalue weighted by Gasteiger charge is -2.11. The first kappa shape index (κ1) is 16.7. The molecule has 0 aliphatic carbocycles. The highest BCUT2D eigenvalue weighted by molar-refractivity contribution is 9.10. The Balaban J connectivity index is 2.40. The Hall–Kier alpha value is -1.71. The van der Waals surface area contributed by atoms with Crippen molar-refractivity contribution in [2.75, 3.05) is 0 Å². The number of alkyl halides is 6. The molecular formula is C12H7BrF6N2O. The summed E-state index contributed by atoms with van der Waals surface area (Å²) in [6.45, 7) is 0. The third-order valence-electron chi connectivity index (χ3n) is 2.58. The zero-order valence-electron chi connectivity index (χ0n) is 10.8. The van der Waals surface area contributed by atoms with Crippen LogP contribution < -0.4 is 4.74 Å². The fourth-order valence-electron chi connectivity index (χ4n) is 1.73. The maximum Gasteiger partial charge on any atom is 0.573 e. The van der Waals surface area contributed by atoms with Gasteiger partial charge in [-0.3, -0.25) is 0 Å². The Morgan fingerprint density at radius 1 is 1.14 bits per heavy atom. The normalized spacial score (nSPS) is 12.5. The van der Waals surface area contributed by atoms with E-state index in [2.05, 4.69) is 25.7 Å². The van der Waals surface area contributed by atoms with Gasteiger partial charge < -0.3 is 9.30 Å². The highest BCUT2D eigenvalue weighted by Crippen LogP contribution is 2.35. The van der Waals surface area contributed by atoms with E-state index in [1.807, 2.05) is 0 Å². The van der Waals surface area contributed by atoms with Crippen LogP contribution in [0.1, 0.15) is 5.69 Å². The van der Waals surface area contributed by atoms with Gasteiger partial charge in [0.05, 0.1) is 0 Å². The lowest BCUT2D eigenvalue weighted by molar-refractivity contribution is -0.274. The molecule has 0 unspecified atom stereocenters. The van der Waals surface area contributed by atoms with Crippen LogP contribution in [0.25, 0.3) is 11.4 Å². The fourth-order valence-corrected chi connectivity index (χ4v) is 2.26. The van der Waals surface area contributed by atoms with E-state index in [1.54, 1.807) is 0 Å². The van der Waals surface area contributed by atoms with Crippen molar-refractivity contribution in [3.05, 3.63) is 34.6 Å². The van der Waals surface area contributed by atoms with Crippen molar-refractivity contribution in [3.8, 4) is 17.1 Å². The number of aryl methyl sites for hydroxylation is 1. The lowest BCUT2D eigenvalue weighted by Crippen LogP contribution is -2.17. The zero-order chi connectivity index (χ0) is 16.7. The zero-order valence-corrected chi connectivity index (χ0v) is 12.3. The Morgan fingerprint density at radius 3 is 2.23 bits per heavy atom. The number of hydrogen-bond donors (Lipinski definition) is 0. The second-order valence-corrected chi connectivity index (χ2v) is 5.10. The largest absolute Gasteiger partial charge is 0.573 e. The van der Waals surface area contributed by atoms with Crippen LogP contribution in [0.2, 0.25) is 0 Å². The van der Waals surface area contributed by atoms with Gasteiger partial charge in [0, 0.05) is 23.3 Å². The average molecular weight is 389 g/mol. The van der Waals surface area contributed by atoms with Gasteiger partial charge in [-0.1, -0.05) is 0 Å². The number of hydrogen-bond acceptors (Lipinski definition) is 2. The molecule has 0 radical (unpaired) electrons. The predicted molar refractivity (Wildman–Crippen MR) is 68.0 cm³/mol. The second-order valence-electron chi connectivity index (χ2n) is 4.25. The molecule has 0 saturated heterocycles. The van der Waals surface area contributed by atoms with Gasteiger partial charge in [-0.2, -0.15) is 13.2 Å². The first-order valence-electron chi connectivity index (χ1n) is 5.63. The molecule has 1 aromatic carbocycles. The summed E-state index contributed by atoms with van der Waals surface area (Å²) >= 11 is 3.00. The van der Waals surface area contributed by atoms with Crippen LogP contribution in [0, 0.1) is 0 Å². The minimum Gasteiger partial charge on any atom is -0.406 e. The highest BCUT2D eigenvalue weighted by atomic mass is 79.9. The van der Waals surface area contributed by atoms with Crippen molar-refractivity contribution in [1.82, 2.24) is 9.55 Å². The standard InChI is InChI=1S/C12H7BrF6N2O/c1-21-5-9(11(14,15)16)20-10(21)7-3-2-6(4-8(7)13)22-12(17,18)19/h2-5H,1H3. The van der Waals surface area contributed by atoms with Crippen molar-refractivity contribution < 1.29 is 31.1 Å². The Kier molecular flexibility index (Phi) is 4.16. The molecule has 0 saturated carbocycles. The number of halogens is 7. The van der Waals surface area contributed by atoms with Gasteiger partial charge in [-0.15, -0.1) is 13.2 Å². The number of rotatable bonds is 2. The van der Waals surface area contributed by atoms with Gasteiger partial charge in [-0.25, -0.2) is 4.98 Å². The molecule has 0 fully saturated rings. The topological polar surface area (TPSA) is 27.1 Å². The highest BCUT2D eigenvalue weighted by Gasteiger charge is 2.35. The van der Waals surface area contributed by atoms with E-state index in [0.29, 0.717) is 0 Å². The molecule has 3 nitrogen and oxygen atoms in total. The van der Waals surface area contributed by atoms with Gasteiger partial charge in [0.25, 0.3) is 0 Å². The van der Waals surface area contributed by atoms with E-state index in [4.69, 9.17) is 0 Å². The van der Waals surface area contributed by atoms with Crippen molar-refractivity contribution in [2.24, 2.45) is 7.05 Å². The van der Waals surface area contributed by atoms with Crippen LogP contribution in [-0.2, 0) is 13.2 Å². The minimum absolute atomic E-state index is 0.0437. The summed E-state index contributed by atoms with van der Waals surface area (Å²) in [5.74, 6) is -0.536. The molecule has 22 heavy (non-hydrogen) atoms. The smallest absolute Gasteiger partial charge is 0.406 e. The van der Waals surface area contributed by atoms with E-state index >= 15 is 0 Å². The van der Waals surface area contributed by atoms with Gasteiger partial charge in [-0.05, 0) is 34.1 Å². The summed E-state index contributed by atoms with van der Waals surface area (Å²) in [6.07, 6.45) is -8.67. The van der Waals surface area contributed by atoms with Crippen LogP contribution in [0.3, 0.4) is 0 Å². The summed E-state index contributed by atoms with van der Waals surface area (Å²) in [5.41, 5.74) is -0.889. The van der Waals surface area contributed by atoms with Crippen LogP contribution >= 0.6 is 15.9 Å². The van der Waals surface area contributed by atoms with Crippen molar-refractivity contribution in [1.29, 1.82) is 0 Å². The van der Waals surface area contributed by atoms with Gasteiger partial charge >= 0.3 is 12.5 Å². The molecule has 0 N–H and O–H groups in total. The molecule has 0 spiro atoms. The molecule has 10 heteroatoms. The summed E-state index contributed by atoms with van der Waals surface area (Å²) in [7, 11) is 1.35. The first-order valence-corrected chi connectivity index (χ1v) is 6.43. The number of imidazole rings is 1. The van der Waals surface area contributed by atoms with Crippen LogP contribution in [0.5, 0.6) is 5.75 Å². The molecule has 0 aliphatic heterocycles. The van der Waals surface area contributed by atoms with Crippen molar-refractivity contribution in [2.45, 2.75) is 12.5 Å². The summed E-state index contributed by atoms with van der Waals surface area (Å²) in [6, 6.07) is 3.19. The van der Waals surface area contributed by atoms with Gasteiger partial charge in [0.2, 0.25) is 0 Å². The Labute approximate surface area is 128 Å². The summed E-state index contributed by atoms with van der Waals surface area (Å²) in [4.78, 5) is 3.46. The molecule has 120 valence electrons. The number of nitrogens with zero attached hydrogens (tertiary/aromatic N) is 2. The van der Waals surface area contributed by atoms with Gasteiger partial charge in [0.15, 0.2) is 5.69 Å². The number of benzene rings is 1. The third kappa shape index (κ3) is 3.73. The second kappa shape index (κ2) is 5.49. The SMILES string of the molecule is Cn1cc(C(F)(F)F)nc1-c1ccc(OC(F)(F)F)cc1Br. The fraction of sp³-hybridized carbons (Fsp3) is 0.250. The molecule has 2 aromatic rings. The number of aromatic nitrogens is 2. The first-order chi connectivity index (χ1) is 9.97. The summed E-state index contributed by atoms with van der Waals surface area (Å²) < 4.78 is 79.2. The van der Waals surface area contributed by atoms with E-state index in [9.17, 15) is 26.3 Å². The van der Waals surface area contributed by atoms with Crippen LogP contribution in [0.15, 0.2) is 28.9 Å². The maximum absolute atomic E-state index is 12.6.